The van der Waals surface area contributed by atoms with E-state index in [9.17, 15) is 14.7 Å². The Kier molecular flexibility index (Phi) is 6.16. The molecule has 1 heterocycles. The maximum absolute atomic E-state index is 12.0. The summed E-state index contributed by atoms with van der Waals surface area (Å²) in [6.07, 6.45) is 1.29. The van der Waals surface area contributed by atoms with Gasteiger partial charge in [-0.25, -0.2) is 0 Å². The van der Waals surface area contributed by atoms with E-state index in [-0.39, 0.29) is 25.0 Å². The van der Waals surface area contributed by atoms with Gasteiger partial charge < -0.3 is 15.3 Å². The molecule has 0 fully saturated rings. The van der Waals surface area contributed by atoms with Crippen molar-refractivity contribution in [3.63, 3.8) is 0 Å². The predicted molar refractivity (Wildman–Crippen MR) is 79.8 cm³/mol. The highest BCUT2D eigenvalue weighted by Crippen LogP contribution is 2.14. The molecule has 0 unspecified atom stereocenters. The monoisotopic (exact) mass is 298 g/mol. The third kappa shape index (κ3) is 4.05. The van der Waals surface area contributed by atoms with Crippen molar-refractivity contribution in [1.82, 2.24) is 10.2 Å². The number of carbonyl (C=O) groups is 2. The van der Waals surface area contributed by atoms with Crippen LogP contribution < -0.4 is 5.32 Å². The molecule has 20 heavy (non-hydrogen) atoms. The summed E-state index contributed by atoms with van der Waals surface area (Å²) < 4.78 is 0. The smallest absolute Gasteiger partial charge is 0.264 e. The first-order valence-corrected chi connectivity index (χ1v) is 7.56. The second kappa shape index (κ2) is 7.40. The Bertz CT molecular complexity index is 433. The van der Waals surface area contributed by atoms with Gasteiger partial charge in [0.15, 0.2) is 0 Å². The summed E-state index contributed by atoms with van der Waals surface area (Å²) in [5.41, 5.74) is -0.593. The first-order valence-electron chi connectivity index (χ1n) is 6.69. The van der Waals surface area contributed by atoms with Crippen LogP contribution in [0.3, 0.4) is 0 Å². The van der Waals surface area contributed by atoms with Gasteiger partial charge in [0.05, 0.1) is 23.6 Å². The second-order valence-corrected chi connectivity index (χ2v) is 5.78. The fourth-order valence-electron chi connectivity index (χ4n) is 1.90. The number of carbonyl (C=O) groups excluding carboxylic acids is 2. The van der Waals surface area contributed by atoms with Crippen molar-refractivity contribution in [3.05, 3.63) is 22.4 Å². The van der Waals surface area contributed by atoms with Gasteiger partial charge in [-0.2, -0.15) is 0 Å². The van der Waals surface area contributed by atoms with Crippen LogP contribution in [-0.4, -0.2) is 47.6 Å². The molecule has 0 bridgehead atoms. The number of hydrogen-bond acceptors (Lipinski definition) is 4. The van der Waals surface area contributed by atoms with Gasteiger partial charge in [-0.05, 0) is 24.3 Å². The summed E-state index contributed by atoms with van der Waals surface area (Å²) in [6, 6.07) is 3.54. The Morgan fingerprint density at radius 1 is 1.40 bits per heavy atom. The molecule has 1 aromatic heterocycles. The Morgan fingerprint density at radius 2 is 2.05 bits per heavy atom. The minimum absolute atomic E-state index is 0.0154. The standard InChI is InChI=1S/C14H22N2O3S/c1-4-14(5-2,10-17)15-12(18)9-16(3)13(19)11-7-6-8-20-11/h6-8,17H,4-5,9-10H2,1-3H3,(H,15,18). The van der Waals surface area contributed by atoms with Crippen LogP contribution in [-0.2, 0) is 4.79 Å². The molecule has 1 aromatic rings. The summed E-state index contributed by atoms with van der Waals surface area (Å²) in [6.45, 7) is 3.72. The Morgan fingerprint density at radius 3 is 2.50 bits per heavy atom. The molecule has 0 atom stereocenters. The van der Waals surface area contributed by atoms with Gasteiger partial charge in [0.1, 0.15) is 0 Å². The summed E-state index contributed by atoms with van der Waals surface area (Å²) in [5.74, 6) is -0.423. The van der Waals surface area contributed by atoms with E-state index < -0.39 is 5.54 Å². The topological polar surface area (TPSA) is 69.6 Å². The van der Waals surface area contributed by atoms with Crippen LogP contribution in [0.5, 0.6) is 0 Å². The fraction of sp³-hybridized carbons (Fsp3) is 0.571. The lowest BCUT2D eigenvalue weighted by atomic mass is 9.94. The van der Waals surface area contributed by atoms with Gasteiger partial charge in [0, 0.05) is 7.05 Å². The van der Waals surface area contributed by atoms with E-state index in [0.29, 0.717) is 17.7 Å². The maximum Gasteiger partial charge on any atom is 0.264 e. The molecule has 0 aliphatic rings. The molecule has 0 aliphatic heterocycles. The van der Waals surface area contributed by atoms with E-state index in [1.165, 1.54) is 16.2 Å². The number of amides is 2. The van der Waals surface area contributed by atoms with Crippen molar-refractivity contribution < 1.29 is 14.7 Å². The number of hydrogen-bond donors (Lipinski definition) is 2. The number of aliphatic hydroxyl groups is 1. The Balaban J connectivity index is 2.60. The number of nitrogens with zero attached hydrogens (tertiary/aromatic N) is 1. The molecule has 0 radical (unpaired) electrons. The molecular weight excluding hydrogens is 276 g/mol. The lowest BCUT2D eigenvalue weighted by molar-refractivity contribution is -0.124. The van der Waals surface area contributed by atoms with E-state index in [0.717, 1.165) is 0 Å². The zero-order chi connectivity index (χ0) is 15.2. The van der Waals surface area contributed by atoms with Gasteiger partial charge in [-0.1, -0.05) is 19.9 Å². The van der Waals surface area contributed by atoms with E-state index in [2.05, 4.69) is 5.32 Å². The van der Waals surface area contributed by atoms with Crippen LogP contribution in [0.1, 0.15) is 36.4 Å². The molecule has 2 N–H and O–H groups in total. The highest BCUT2D eigenvalue weighted by molar-refractivity contribution is 7.12. The van der Waals surface area contributed by atoms with Crippen molar-refractivity contribution in [2.24, 2.45) is 0 Å². The first-order chi connectivity index (χ1) is 9.48. The minimum Gasteiger partial charge on any atom is -0.394 e. The van der Waals surface area contributed by atoms with Crippen LogP contribution in [0.4, 0.5) is 0 Å². The number of thiophene rings is 1. The van der Waals surface area contributed by atoms with Crippen molar-refractivity contribution >= 4 is 23.2 Å². The fourth-order valence-corrected chi connectivity index (χ4v) is 2.62. The highest BCUT2D eigenvalue weighted by atomic mass is 32.1. The molecule has 5 nitrogen and oxygen atoms in total. The van der Waals surface area contributed by atoms with Gasteiger partial charge in [0.2, 0.25) is 5.91 Å². The molecule has 2 amide bonds. The second-order valence-electron chi connectivity index (χ2n) is 4.83. The Hall–Kier alpha value is -1.40. The van der Waals surface area contributed by atoms with Crippen molar-refractivity contribution in [2.45, 2.75) is 32.2 Å². The summed E-state index contributed by atoms with van der Waals surface area (Å²) in [7, 11) is 1.60. The third-order valence-electron chi connectivity index (χ3n) is 3.52. The normalized spacial score (nSPS) is 11.2. The largest absolute Gasteiger partial charge is 0.394 e. The molecule has 0 aromatic carbocycles. The van der Waals surface area contributed by atoms with Crippen LogP contribution in [0.15, 0.2) is 17.5 Å². The van der Waals surface area contributed by atoms with Crippen LogP contribution in [0, 0.1) is 0 Å². The lowest BCUT2D eigenvalue weighted by Crippen LogP contribution is -2.53. The molecule has 112 valence electrons. The lowest BCUT2D eigenvalue weighted by Gasteiger charge is -2.31. The summed E-state index contributed by atoms with van der Waals surface area (Å²) in [4.78, 5) is 26.0. The van der Waals surface area contributed by atoms with Crippen LogP contribution >= 0.6 is 11.3 Å². The minimum atomic E-state index is -0.593. The third-order valence-corrected chi connectivity index (χ3v) is 4.38. The number of rotatable bonds is 7. The molecular formula is C14H22N2O3S. The molecule has 0 spiro atoms. The molecule has 0 saturated carbocycles. The molecule has 6 heteroatoms. The van der Waals surface area contributed by atoms with E-state index in [1.54, 1.807) is 19.2 Å². The van der Waals surface area contributed by atoms with Crippen LogP contribution in [0.25, 0.3) is 0 Å². The Labute approximate surface area is 123 Å². The van der Waals surface area contributed by atoms with Crippen molar-refractivity contribution in [3.8, 4) is 0 Å². The quantitative estimate of drug-likeness (QED) is 0.801. The molecule has 1 rings (SSSR count). The van der Waals surface area contributed by atoms with Gasteiger partial charge in [0.25, 0.3) is 5.91 Å². The van der Waals surface area contributed by atoms with Gasteiger partial charge in [-0.3, -0.25) is 9.59 Å². The maximum atomic E-state index is 12.0. The average molecular weight is 298 g/mol. The average Bonchev–Trinajstić information content (AvgIpc) is 2.98. The zero-order valence-corrected chi connectivity index (χ0v) is 13.0. The molecule has 0 aliphatic carbocycles. The van der Waals surface area contributed by atoms with Gasteiger partial charge >= 0.3 is 0 Å². The number of likely N-dealkylation sites (N-methyl/N-ethyl adjacent to an activating group) is 1. The van der Waals surface area contributed by atoms with Crippen molar-refractivity contribution in [1.29, 1.82) is 0 Å². The first kappa shape index (κ1) is 16.7. The van der Waals surface area contributed by atoms with E-state index in [4.69, 9.17) is 0 Å². The number of aliphatic hydroxyl groups excluding tert-OH is 1. The SMILES string of the molecule is CCC(CC)(CO)NC(=O)CN(C)C(=O)c1cccs1. The van der Waals surface area contributed by atoms with Crippen LogP contribution in [0.2, 0.25) is 0 Å². The van der Waals surface area contributed by atoms with Gasteiger partial charge in [-0.15, -0.1) is 11.3 Å². The predicted octanol–water partition coefficient (Wildman–Crippen LogP) is 1.49. The number of nitrogens with one attached hydrogen (secondary N) is 1. The van der Waals surface area contributed by atoms with E-state index >= 15 is 0 Å². The molecule has 0 saturated heterocycles. The summed E-state index contributed by atoms with van der Waals surface area (Å²) >= 11 is 1.35. The highest BCUT2D eigenvalue weighted by Gasteiger charge is 2.28. The van der Waals surface area contributed by atoms with E-state index in [1.807, 2.05) is 19.2 Å². The summed E-state index contributed by atoms with van der Waals surface area (Å²) in [5, 5.41) is 14.1. The zero-order valence-electron chi connectivity index (χ0n) is 12.2. The van der Waals surface area contributed by atoms with Crippen molar-refractivity contribution in [2.75, 3.05) is 20.2 Å².